The van der Waals surface area contributed by atoms with Crippen LogP contribution in [-0.2, 0) is 6.42 Å². The molecule has 0 amide bonds. The number of rotatable bonds is 2. The fourth-order valence-electron chi connectivity index (χ4n) is 2.72. The lowest BCUT2D eigenvalue weighted by atomic mass is 10.1. The van der Waals surface area contributed by atoms with E-state index in [0.29, 0.717) is 10.8 Å². The average molecular weight is 309 g/mol. The Labute approximate surface area is 132 Å². The summed E-state index contributed by atoms with van der Waals surface area (Å²) in [6.45, 7) is 2.06. The van der Waals surface area contributed by atoms with E-state index in [4.69, 9.17) is 16.6 Å². The highest BCUT2D eigenvalue weighted by atomic mass is 35.5. The van der Waals surface area contributed by atoms with Crippen molar-refractivity contribution in [2.75, 3.05) is 0 Å². The lowest BCUT2D eigenvalue weighted by molar-refractivity contribution is 0.922. The van der Waals surface area contributed by atoms with Crippen molar-refractivity contribution < 1.29 is 0 Å². The number of halogens is 1. The van der Waals surface area contributed by atoms with Gasteiger partial charge in [0.25, 0.3) is 5.78 Å². The van der Waals surface area contributed by atoms with Gasteiger partial charge in [0.05, 0.1) is 11.2 Å². The summed E-state index contributed by atoms with van der Waals surface area (Å²) < 4.78 is 2.00. The van der Waals surface area contributed by atoms with E-state index in [1.165, 1.54) is 0 Å². The second-order valence-electron chi connectivity index (χ2n) is 5.09. The van der Waals surface area contributed by atoms with Gasteiger partial charge >= 0.3 is 0 Å². The Morgan fingerprint density at radius 2 is 1.86 bits per heavy atom. The second kappa shape index (κ2) is 5.07. The molecule has 0 saturated carbocycles. The van der Waals surface area contributed by atoms with Gasteiger partial charge in [-0.1, -0.05) is 48.9 Å². The Morgan fingerprint density at radius 1 is 1.05 bits per heavy atom. The van der Waals surface area contributed by atoms with Gasteiger partial charge in [-0.2, -0.15) is 0 Å². The maximum absolute atomic E-state index is 6.21. The number of aryl methyl sites for hydroxylation is 1. The molecule has 0 aliphatic carbocycles. The highest BCUT2D eigenvalue weighted by Gasteiger charge is 2.14. The molecule has 22 heavy (non-hydrogen) atoms. The lowest BCUT2D eigenvalue weighted by Gasteiger charge is -2.09. The third-order valence-corrected chi connectivity index (χ3v) is 3.98. The molecule has 0 fully saturated rings. The number of fused-ring (bicyclic) bond motifs is 3. The zero-order valence-electron chi connectivity index (χ0n) is 12.0. The summed E-state index contributed by atoms with van der Waals surface area (Å²) in [7, 11) is 0. The molecule has 0 radical (unpaired) electrons. The maximum Gasteiger partial charge on any atom is 0.256 e. The lowest BCUT2D eigenvalue weighted by Crippen LogP contribution is -1.99. The molecule has 0 bridgehead atoms. The normalized spacial score (nSPS) is 11.4. The van der Waals surface area contributed by atoms with Gasteiger partial charge in [0.1, 0.15) is 5.82 Å². The summed E-state index contributed by atoms with van der Waals surface area (Å²) in [4.78, 5) is 4.71. The van der Waals surface area contributed by atoms with Gasteiger partial charge in [0.2, 0.25) is 0 Å². The molecule has 0 aliphatic rings. The summed E-state index contributed by atoms with van der Waals surface area (Å²) in [6, 6.07) is 15.9. The Kier molecular flexibility index (Phi) is 3.05. The average Bonchev–Trinajstić information content (AvgIpc) is 2.98. The van der Waals surface area contributed by atoms with Crippen molar-refractivity contribution in [3.05, 3.63) is 59.4 Å². The van der Waals surface area contributed by atoms with E-state index in [9.17, 15) is 0 Å². The molecule has 0 spiro atoms. The minimum atomic E-state index is 0.616. The molecule has 2 aromatic heterocycles. The monoisotopic (exact) mass is 308 g/mol. The molecular weight excluding hydrogens is 296 g/mol. The van der Waals surface area contributed by atoms with Crippen LogP contribution in [0.3, 0.4) is 0 Å². The van der Waals surface area contributed by atoms with Crippen molar-refractivity contribution in [1.82, 2.24) is 19.6 Å². The van der Waals surface area contributed by atoms with Crippen molar-refractivity contribution in [3.8, 4) is 11.3 Å². The number of hydrogen-bond donors (Lipinski definition) is 0. The van der Waals surface area contributed by atoms with Crippen molar-refractivity contribution in [3.63, 3.8) is 0 Å². The molecule has 0 saturated heterocycles. The van der Waals surface area contributed by atoms with Crippen LogP contribution in [0, 0.1) is 0 Å². The number of nitrogens with zero attached hydrogens (tertiary/aromatic N) is 4. The van der Waals surface area contributed by atoms with Gasteiger partial charge in [0, 0.05) is 22.4 Å². The molecule has 5 heteroatoms. The van der Waals surface area contributed by atoms with Crippen molar-refractivity contribution in [1.29, 1.82) is 0 Å². The molecule has 4 nitrogen and oxygen atoms in total. The Balaban J connectivity index is 2.18. The van der Waals surface area contributed by atoms with E-state index in [-0.39, 0.29) is 0 Å². The first-order chi connectivity index (χ1) is 10.8. The molecular formula is C17H13ClN4. The van der Waals surface area contributed by atoms with Gasteiger partial charge in [-0.05, 0) is 18.2 Å². The van der Waals surface area contributed by atoms with Crippen LogP contribution in [0.1, 0.15) is 12.7 Å². The van der Waals surface area contributed by atoms with Gasteiger partial charge in [0.15, 0.2) is 0 Å². The van der Waals surface area contributed by atoms with Gasteiger partial charge < -0.3 is 0 Å². The van der Waals surface area contributed by atoms with Crippen LogP contribution in [0.4, 0.5) is 0 Å². The fourth-order valence-corrected chi connectivity index (χ4v) is 2.90. The Morgan fingerprint density at radius 3 is 2.64 bits per heavy atom. The summed E-state index contributed by atoms with van der Waals surface area (Å²) in [6.07, 6.45) is 0.797. The first-order valence-electron chi connectivity index (χ1n) is 7.16. The van der Waals surface area contributed by atoms with E-state index < -0.39 is 0 Å². The summed E-state index contributed by atoms with van der Waals surface area (Å²) >= 11 is 6.21. The van der Waals surface area contributed by atoms with Gasteiger partial charge in [-0.3, -0.25) is 4.40 Å². The second-order valence-corrected chi connectivity index (χ2v) is 5.53. The summed E-state index contributed by atoms with van der Waals surface area (Å²) in [5.41, 5.74) is 2.94. The molecule has 4 aromatic rings. The fraction of sp³-hybridized carbons (Fsp3) is 0.118. The number of aromatic nitrogens is 4. The topological polar surface area (TPSA) is 43.1 Å². The third-order valence-electron chi connectivity index (χ3n) is 3.74. The van der Waals surface area contributed by atoms with Gasteiger partial charge in [-0.25, -0.2) is 4.98 Å². The predicted octanol–water partition coefficient (Wildman–Crippen LogP) is 4.16. The van der Waals surface area contributed by atoms with Crippen LogP contribution in [0.15, 0.2) is 48.5 Å². The van der Waals surface area contributed by atoms with E-state index in [1.54, 1.807) is 0 Å². The van der Waals surface area contributed by atoms with Crippen LogP contribution >= 0.6 is 11.6 Å². The van der Waals surface area contributed by atoms with Crippen molar-refractivity contribution in [2.45, 2.75) is 13.3 Å². The van der Waals surface area contributed by atoms with Crippen LogP contribution in [0.25, 0.3) is 27.9 Å². The summed E-state index contributed by atoms with van der Waals surface area (Å²) in [5, 5.41) is 10.1. The van der Waals surface area contributed by atoms with E-state index in [2.05, 4.69) is 17.1 Å². The van der Waals surface area contributed by atoms with Crippen LogP contribution in [0.5, 0.6) is 0 Å². The maximum atomic E-state index is 6.21. The Bertz CT molecular complexity index is 976. The smallest absolute Gasteiger partial charge is 0.256 e. The van der Waals surface area contributed by atoms with Crippen molar-refractivity contribution in [2.24, 2.45) is 0 Å². The minimum absolute atomic E-state index is 0.616. The first-order valence-corrected chi connectivity index (χ1v) is 7.54. The highest BCUT2D eigenvalue weighted by molar-refractivity contribution is 6.31. The number of hydrogen-bond acceptors (Lipinski definition) is 3. The van der Waals surface area contributed by atoms with Crippen LogP contribution in [-0.4, -0.2) is 19.6 Å². The number of benzene rings is 2. The predicted molar refractivity (Wildman–Crippen MR) is 88.1 cm³/mol. The largest absolute Gasteiger partial charge is 0.263 e. The van der Waals surface area contributed by atoms with E-state index >= 15 is 0 Å². The molecule has 0 aliphatic heterocycles. The highest BCUT2D eigenvalue weighted by Crippen LogP contribution is 2.30. The van der Waals surface area contributed by atoms with Crippen LogP contribution < -0.4 is 0 Å². The SMILES string of the molecule is CCc1nnc2nc(-c3ccccc3)c3cc(Cl)ccc3n12. The minimum Gasteiger partial charge on any atom is -0.263 e. The first kappa shape index (κ1) is 13.2. The van der Waals surface area contributed by atoms with Crippen molar-refractivity contribution >= 4 is 28.3 Å². The molecule has 2 aromatic carbocycles. The summed E-state index contributed by atoms with van der Waals surface area (Å²) in [5.74, 6) is 1.51. The zero-order chi connectivity index (χ0) is 15.1. The van der Waals surface area contributed by atoms with E-state index in [0.717, 1.165) is 34.4 Å². The molecule has 0 unspecified atom stereocenters. The zero-order valence-corrected chi connectivity index (χ0v) is 12.7. The van der Waals surface area contributed by atoms with Gasteiger partial charge in [-0.15, -0.1) is 10.2 Å². The molecule has 108 valence electrons. The standard InChI is InChI=1S/C17H13ClN4/c1-2-15-20-21-17-19-16(11-6-4-3-5-7-11)13-10-12(18)8-9-14(13)22(15)17/h3-10H,2H2,1H3. The molecule has 0 atom stereocenters. The Hall–Kier alpha value is -2.46. The quantitative estimate of drug-likeness (QED) is 0.558. The van der Waals surface area contributed by atoms with Crippen LogP contribution in [0.2, 0.25) is 5.02 Å². The molecule has 4 rings (SSSR count). The molecule has 2 heterocycles. The molecule has 0 N–H and O–H groups in total. The van der Waals surface area contributed by atoms with E-state index in [1.807, 2.05) is 52.9 Å². The third kappa shape index (κ3) is 1.96.